The highest BCUT2D eigenvalue weighted by molar-refractivity contribution is 5.78. The molecule has 9 heavy (non-hydrogen) atoms. The number of carbonyl (C=O) groups excluding carboxylic acids is 1. The molecule has 0 aliphatic heterocycles. The molecule has 0 spiro atoms. The molecular weight excluding hydrogens is 118 g/mol. The van der Waals surface area contributed by atoms with E-state index in [9.17, 15) is 4.79 Å². The molecule has 0 radical (unpaired) electrons. The third kappa shape index (κ3) is 6.94. The second kappa shape index (κ2) is 3.88. The van der Waals surface area contributed by atoms with Gasteiger partial charge in [-0.05, 0) is 6.92 Å². The van der Waals surface area contributed by atoms with Crippen molar-refractivity contribution in [2.24, 2.45) is 16.5 Å². The summed E-state index contributed by atoms with van der Waals surface area (Å²) in [6.45, 7) is 2.07. The van der Waals surface area contributed by atoms with Gasteiger partial charge in [-0.3, -0.25) is 9.79 Å². The van der Waals surface area contributed by atoms with Gasteiger partial charge in [0, 0.05) is 13.0 Å². The maximum atomic E-state index is 10.1. The molecule has 4 N–H and O–H groups in total. The fourth-order valence-corrected chi connectivity index (χ4v) is 0.342. The Bertz CT molecular complexity index is 126. The molecule has 0 saturated heterocycles. The minimum absolute atomic E-state index is 0.272. The average Bonchev–Trinajstić information content (AvgIpc) is 1.63. The summed E-state index contributed by atoms with van der Waals surface area (Å²) in [6.07, 6.45) is 0.272. The smallest absolute Gasteiger partial charge is 0.219 e. The molecular formula is C5H11N3O. The summed E-state index contributed by atoms with van der Waals surface area (Å²) in [6, 6.07) is 0. The zero-order valence-corrected chi connectivity index (χ0v) is 5.42. The van der Waals surface area contributed by atoms with E-state index >= 15 is 0 Å². The normalized spacial score (nSPS) is 11.4. The van der Waals surface area contributed by atoms with Crippen molar-refractivity contribution in [2.45, 2.75) is 13.3 Å². The van der Waals surface area contributed by atoms with Gasteiger partial charge in [-0.15, -0.1) is 0 Å². The van der Waals surface area contributed by atoms with Crippen molar-refractivity contribution in [1.29, 1.82) is 0 Å². The van der Waals surface area contributed by atoms with E-state index in [2.05, 4.69) is 4.99 Å². The van der Waals surface area contributed by atoms with Crippen LogP contribution in [0.1, 0.15) is 13.3 Å². The number of nitrogens with zero attached hydrogens (tertiary/aromatic N) is 1. The number of aliphatic imine (C=N–C) groups is 1. The highest BCUT2D eigenvalue weighted by Gasteiger charge is 1.89. The first kappa shape index (κ1) is 7.94. The maximum Gasteiger partial charge on any atom is 0.219 e. The van der Waals surface area contributed by atoms with Gasteiger partial charge in [-0.25, -0.2) is 0 Å². The van der Waals surface area contributed by atoms with Crippen LogP contribution in [0.5, 0.6) is 0 Å². The lowest BCUT2D eigenvalue weighted by Crippen LogP contribution is -2.13. The fraction of sp³-hybridized carbons (Fsp3) is 0.600. The molecule has 4 nitrogen and oxygen atoms in total. The van der Waals surface area contributed by atoms with Crippen molar-refractivity contribution in [3.8, 4) is 0 Å². The van der Waals surface area contributed by atoms with Gasteiger partial charge in [-0.1, -0.05) is 0 Å². The van der Waals surface area contributed by atoms with Gasteiger partial charge in [0.25, 0.3) is 0 Å². The van der Waals surface area contributed by atoms with E-state index < -0.39 is 0 Å². The van der Waals surface area contributed by atoms with Gasteiger partial charge in [0.05, 0.1) is 5.84 Å². The molecule has 0 aromatic heterocycles. The van der Waals surface area contributed by atoms with Crippen LogP contribution < -0.4 is 11.5 Å². The van der Waals surface area contributed by atoms with E-state index in [0.29, 0.717) is 12.4 Å². The molecule has 0 aliphatic rings. The Morgan fingerprint density at radius 1 is 1.56 bits per heavy atom. The molecule has 0 aromatic carbocycles. The fourth-order valence-electron chi connectivity index (χ4n) is 0.342. The first-order valence-electron chi connectivity index (χ1n) is 2.67. The van der Waals surface area contributed by atoms with Crippen LogP contribution in [0.4, 0.5) is 0 Å². The molecule has 0 unspecified atom stereocenters. The zero-order valence-electron chi connectivity index (χ0n) is 5.42. The molecule has 0 aromatic rings. The van der Waals surface area contributed by atoms with Crippen LogP contribution in [0.15, 0.2) is 4.99 Å². The van der Waals surface area contributed by atoms with E-state index in [1.165, 1.54) is 0 Å². The van der Waals surface area contributed by atoms with Crippen LogP contribution in [-0.4, -0.2) is 18.3 Å². The minimum atomic E-state index is -0.347. The number of nitrogens with two attached hydrogens (primary N) is 2. The Morgan fingerprint density at radius 2 is 2.11 bits per heavy atom. The first-order chi connectivity index (χ1) is 4.13. The van der Waals surface area contributed by atoms with E-state index in [4.69, 9.17) is 11.5 Å². The van der Waals surface area contributed by atoms with Crippen molar-refractivity contribution in [3.05, 3.63) is 0 Å². The first-order valence-corrected chi connectivity index (χ1v) is 2.67. The average molecular weight is 129 g/mol. The lowest BCUT2D eigenvalue weighted by atomic mass is 10.4. The van der Waals surface area contributed by atoms with Gasteiger partial charge in [-0.2, -0.15) is 0 Å². The molecule has 0 aliphatic carbocycles. The molecule has 52 valence electrons. The van der Waals surface area contributed by atoms with Gasteiger partial charge in [0.1, 0.15) is 0 Å². The summed E-state index contributed by atoms with van der Waals surface area (Å²) in [7, 11) is 0. The predicted octanol–water partition coefficient (Wildman–Crippen LogP) is -0.761. The van der Waals surface area contributed by atoms with Crippen LogP contribution in [0.2, 0.25) is 0 Å². The minimum Gasteiger partial charge on any atom is -0.388 e. The molecule has 0 saturated carbocycles. The summed E-state index contributed by atoms with van der Waals surface area (Å²) >= 11 is 0. The summed E-state index contributed by atoms with van der Waals surface area (Å²) in [5.74, 6) is 0.135. The summed E-state index contributed by atoms with van der Waals surface area (Å²) in [5, 5.41) is 0. The van der Waals surface area contributed by atoms with Crippen LogP contribution in [-0.2, 0) is 4.79 Å². The third-order valence-electron chi connectivity index (χ3n) is 0.719. The molecule has 4 heteroatoms. The Labute approximate surface area is 53.9 Å². The quantitative estimate of drug-likeness (QED) is 0.388. The number of amides is 1. The van der Waals surface area contributed by atoms with E-state index in [1.54, 1.807) is 6.92 Å². The maximum absolute atomic E-state index is 10.1. The van der Waals surface area contributed by atoms with Crippen molar-refractivity contribution in [1.82, 2.24) is 0 Å². The van der Waals surface area contributed by atoms with Crippen molar-refractivity contribution >= 4 is 11.7 Å². The van der Waals surface area contributed by atoms with Gasteiger partial charge in [0.15, 0.2) is 0 Å². The molecule has 0 rings (SSSR count). The number of carbonyl (C=O) groups is 1. The number of rotatable bonds is 3. The number of primary amides is 1. The second-order valence-electron chi connectivity index (χ2n) is 1.74. The largest absolute Gasteiger partial charge is 0.388 e. The van der Waals surface area contributed by atoms with Crippen LogP contribution in [0.25, 0.3) is 0 Å². The lowest BCUT2D eigenvalue weighted by Gasteiger charge is -1.89. The topological polar surface area (TPSA) is 81.5 Å². The Hall–Kier alpha value is -1.06. The summed E-state index contributed by atoms with van der Waals surface area (Å²) in [4.78, 5) is 13.9. The Balaban J connectivity index is 3.31. The Morgan fingerprint density at radius 3 is 2.44 bits per heavy atom. The highest BCUT2D eigenvalue weighted by atomic mass is 16.1. The summed E-state index contributed by atoms with van der Waals surface area (Å²) < 4.78 is 0. The molecule has 0 heterocycles. The van der Waals surface area contributed by atoms with E-state index in [0.717, 1.165) is 0 Å². The second-order valence-corrected chi connectivity index (χ2v) is 1.74. The van der Waals surface area contributed by atoms with Crippen LogP contribution in [0.3, 0.4) is 0 Å². The number of hydrogen-bond acceptors (Lipinski definition) is 2. The van der Waals surface area contributed by atoms with Crippen molar-refractivity contribution in [3.63, 3.8) is 0 Å². The number of amidine groups is 1. The van der Waals surface area contributed by atoms with Gasteiger partial charge in [0.2, 0.25) is 5.91 Å². The predicted molar refractivity (Wildman–Crippen MR) is 36.0 cm³/mol. The molecule has 0 fully saturated rings. The van der Waals surface area contributed by atoms with Gasteiger partial charge < -0.3 is 11.5 Å². The monoisotopic (exact) mass is 129 g/mol. The zero-order chi connectivity index (χ0) is 7.28. The standard InChI is InChI=1S/C5H11N3O/c1-4(6)8-3-2-5(7)9/h2-3H2,1H3,(H2,6,8)(H2,7,9). The molecule has 0 bridgehead atoms. The number of hydrogen-bond donors (Lipinski definition) is 2. The lowest BCUT2D eigenvalue weighted by molar-refractivity contribution is -0.117. The van der Waals surface area contributed by atoms with Crippen molar-refractivity contribution in [2.75, 3.05) is 6.54 Å². The summed E-state index contributed by atoms with van der Waals surface area (Å²) in [5.41, 5.74) is 10.0. The SMILES string of the molecule is CC(N)=NCCC(N)=O. The van der Waals surface area contributed by atoms with E-state index in [1.807, 2.05) is 0 Å². The van der Waals surface area contributed by atoms with Crippen molar-refractivity contribution < 1.29 is 4.79 Å². The Kier molecular flexibility index (Phi) is 3.43. The van der Waals surface area contributed by atoms with Gasteiger partial charge >= 0.3 is 0 Å². The highest BCUT2D eigenvalue weighted by Crippen LogP contribution is 1.77. The van der Waals surface area contributed by atoms with Crippen LogP contribution in [0, 0.1) is 0 Å². The molecule has 0 atom stereocenters. The third-order valence-corrected chi connectivity index (χ3v) is 0.719. The van der Waals surface area contributed by atoms with E-state index in [-0.39, 0.29) is 12.3 Å². The molecule has 1 amide bonds. The van der Waals surface area contributed by atoms with Crippen LogP contribution >= 0.6 is 0 Å².